The zero-order chi connectivity index (χ0) is 13.3. The Morgan fingerprint density at radius 1 is 1.44 bits per heavy atom. The second-order valence-electron chi connectivity index (χ2n) is 6.27. The van der Waals surface area contributed by atoms with E-state index in [0.29, 0.717) is 18.2 Å². The smallest absolute Gasteiger partial charge is 0.222 e. The Morgan fingerprint density at radius 2 is 2.17 bits per heavy atom. The summed E-state index contributed by atoms with van der Waals surface area (Å²) in [6.45, 7) is 10.6. The average Bonchev–Trinajstić information content (AvgIpc) is 2.82. The van der Waals surface area contributed by atoms with E-state index in [4.69, 9.17) is 0 Å². The molecule has 0 aromatic heterocycles. The number of β-amino-alcohol motifs (C(OH)–C–C–N with tert-alkyl or cyclic N) is 1. The average molecular weight is 254 g/mol. The number of rotatable bonds is 4. The van der Waals surface area contributed by atoms with Crippen molar-refractivity contribution in [2.45, 2.75) is 39.2 Å². The lowest BCUT2D eigenvalue weighted by Gasteiger charge is -2.31. The molecule has 18 heavy (non-hydrogen) atoms. The van der Waals surface area contributed by atoms with Gasteiger partial charge in [-0.2, -0.15) is 0 Å². The number of hydrogen-bond donors (Lipinski definition) is 1. The van der Waals surface area contributed by atoms with E-state index < -0.39 is 5.60 Å². The van der Waals surface area contributed by atoms with Crippen LogP contribution in [0.15, 0.2) is 0 Å². The molecule has 0 aromatic carbocycles. The molecule has 0 unspecified atom stereocenters. The molecule has 104 valence electrons. The molecule has 1 amide bonds. The van der Waals surface area contributed by atoms with E-state index in [1.54, 1.807) is 0 Å². The number of likely N-dealkylation sites (tertiary alicyclic amines) is 2. The van der Waals surface area contributed by atoms with Crippen molar-refractivity contribution in [1.29, 1.82) is 0 Å². The van der Waals surface area contributed by atoms with Crippen LogP contribution in [0.4, 0.5) is 0 Å². The first-order chi connectivity index (χ1) is 8.43. The van der Waals surface area contributed by atoms with E-state index >= 15 is 0 Å². The van der Waals surface area contributed by atoms with Gasteiger partial charge in [-0.05, 0) is 18.3 Å². The monoisotopic (exact) mass is 254 g/mol. The lowest BCUT2D eigenvalue weighted by atomic mass is 9.82. The largest absolute Gasteiger partial charge is 0.388 e. The summed E-state index contributed by atoms with van der Waals surface area (Å²) in [5.74, 6) is 0.888. The Kier molecular flexibility index (Phi) is 3.97. The van der Waals surface area contributed by atoms with Crippen LogP contribution in [0.25, 0.3) is 0 Å². The Bertz CT molecular complexity index is 319. The van der Waals surface area contributed by atoms with Crippen LogP contribution < -0.4 is 0 Å². The third kappa shape index (κ3) is 2.54. The van der Waals surface area contributed by atoms with E-state index in [1.165, 1.54) is 0 Å². The second kappa shape index (κ2) is 5.17. The predicted molar refractivity (Wildman–Crippen MR) is 71.2 cm³/mol. The molecule has 2 rings (SSSR count). The van der Waals surface area contributed by atoms with Crippen molar-refractivity contribution < 1.29 is 9.90 Å². The van der Waals surface area contributed by atoms with Gasteiger partial charge in [-0.1, -0.05) is 20.8 Å². The summed E-state index contributed by atoms with van der Waals surface area (Å²) < 4.78 is 0. The van der Waals surface area contributed by atoms with Crippen LogP contribution in [0.5, 0.6) is 0 Å². The van der Waals surface area contributed by atoms with Gasteiger partial charge in [0, 0.05) is 39.1 Å². The van der Waals surface area contributed by atoms with Gasteiger partial charge in [0.1, 0.15) is 0 Å². The number of carbonyl (C=O) groups is 1. The molecule has 0 radical (unpaired) electrons. The highest BCUT2D eigenvalue weighted by molar-refractivity contribution is 5.78. The molecule has 0 aliphatic carbocycles. The van der Waals surface area contributed by atoms with Gasteiger partial charge in [-0.15, -0.1) is 0 Å². The number of aliphatic hydroxyl groups is 1. The van der Waals surface area contributed by atoms with E-state index in [1.807, 2.05) is 4.90 Å². The van der Waals surface area contributed by atoms with Gasteiger partial charge in [0.05, 0.1) is 5.60 Å². The Hall–Kier alpha value is -0.610. The molecule has 2 saturated heterocycles. The van der Waals surface area contributed by atoms with Gasteiger partial charge in [-0.25, -0.2) is 0 Å². The standard InChI is InChI=1S/C14H26N2O2/c1-11(2)14(18)10-15(9-12(14)3)7-8-16-6-4-5-13(16)17/h11-12,18H,4-10H2,1-3H3/t12-,14-/m1/s1. The van der Waals surface area contributed by atoms with Crippen LogP contribution in [0.2, 0.25) is 0 Å². The maximum absolute atomic E-state index is 11.5. The van der Waals surface area contributed by atoms with Crippen LogP contribution in [0, 0.1) is 11.8 Å². The van der Waals surface area contributed by atoms with E-state index in [0.717, 1.165) is 39.1 Å². The molecule has 0 spiro atoms. The van der Waals surface area contributed by atoms with E-state index in [-0.39, 0.29) is 5.92 Å². The van der Waals surface area contributed by atoms with E-state index in [9.17, 15) is 9.90 Å². The fourth-order valence-electron chi connectivity index (χ4n) is 3.25. The first-order valence-corrected chi connectivity index (χ1v) is 7.16. The first kappa shape index (κ1) is 13.8. The highest BCUT2D eigenvalue weighted by Crippen LogP contribution is 2.33. The summed E-state index contributed by atoms with van der Waals surface area (Å²) in [4.78, 5) is 15.8. The third-order valence-electron chi connectivity index (χ3n) is 4.72. The van der Waals surface area contributed by atoms with Gasteiger partial charge < -0.3 is 10.0 Å². The molecule has 2 aliphatic rings. The molecule has 1 N–H and O–H groups in total. The summed E-state index contributed by atoms with van der Waals surface area (Å²) in [6, 6.07) is 0. The molecule has 0 saturated carbocycles. The van der Waals surface area contributed by atoms with Crippen molar-refractivity contribution in [2.24, 2.45) is 11.8 Å². The van der Waals surface area contributed by atoms with E-state index in [2.05, 4.69) is 25.7 Å². The normalized spacial score (nSPS) is 33.9. The lowest BCUT2D eigenvalue weighted by Crippen LogP contribution is -2.43. The number of nitrogens with zero attached hydrogens (tertiary/aromatic N) is 2. The first-order valence-electron chi connectivity index (χ1n) is 7.16. The zero-order valence-corrected chi connectivity index (χ0v) is 11.9. The minimum Gasteiger partial charge on any atom is -0.388 e. The summed E-state index contributed by atoms with van der Waals surface area (Å²) >= 11 is 0. The van der Waals surface area contributed by atoms with Crippen LogP contribution >= 0.6 is 0 Å². The van der Waals surface area contributed by atoms with Gasteiger partial charge in [0.2, 0.25) is 5.91 Å². The van der Waals surface area contributed by atoms with Crippen molar-refractivity contribution >= 4 is 5.91 Å². The number of hydrogen-bond acceptors (Lipinski definition) is 3. The molecule has 4 nitrogen and oxygen atoms in total. The van der Waals surface area contributed by atoms with Crippen LogP contribution in [-0.4, -0.2) is 59.1 Å². The topological polar surface area (TPSA) is 43.8 Å². The Morgan fingerprint density at radius 3 is 2.67 bits per heavy atom. The minimum absolute atomic E-state index is 0.283. The van der Waals surface area contributed by atoms with Crippen LogP contribution in [0.1, 0.15) is 33.6 Å². The summed E-state index contributed by atoms with van der Waals surface area (Å²) in [5.41, 5.74) is -0.560. The van der Waals surface area contributed by atoms with Gasteiger partial charge in [-0.3, -0.25) is 9.69 Å². The fraction of sp³-hybridized carbons (Fsp3) is 0.929. The minimum atomic E-state index is -0.560. The second-order valence-corrected chi connectivity index (χ2v) is 6.27. The van der Waals surface area contributed by atoms with Crippen molar-refractivity contribution in [3.63, 3.8) is 0 Å². The number of carbonyl (C=O) groups excluding carboxylic acids is 1. The zero-order valence-electron chi connectivity index (χ0n) is 11.9. The van der Waals surface area contributed by atoms with Gasteiger partial charge in [0.15, 0.2) is 0 Å². The molecule has 0 bridgehead atoms. The van der Waals surface area contributed by atoms with Crippen molar-refractivity contribution in [2.75, 3.05) is 32.7 Å². The van der Waals surface area contributed by atoms with Crippen molar-refractivity contribution in [3.8, 4) is 0 Å². The molecule has 0 aromatic rings. The molecular formula is C14H26N2O2. The third-order valence-corrected chi connectivity index (χ3v) is 4.72. The Balaban J connectivity index is 1.84. The van der Waals surface area contributed by atoms with Crippen molar-refractivity contribution in [3.05, 3.63) is 0 Å². The van der Waals surface area contributed by atoms with Crippen LogP contribution in [0.3, 0.4) is 0 Å². The fourth-order valence-corrected chi connectivity index (χ4v) is 3.25. The predicted octanol–water partition coefficient (Wildman–Crippen LogP) is 0.948. The van der Waals surface area contributed by atoms with Crippen molar-refractivity contribution in [1.82, 2.24) is 9.80 Å². The summed E-state index contributed by atoms with van der Waals surface area (Å²) in [6.07, 6.45) is 1.72. The molecule has 2 atom stereocenters. The highest BCUT2D eigenvalue weighted by atomic mass is 16.3. The van der Waals surface area contributed by atoms with Gasteiger partial charge in [0.25, 0.3) is 0 Å². The summed E-state index contributed by atoms with van der Waals surface area (Å²) in [5, 5.41) is 10.6. The van der Waals surface area contributed by atoms with Gasteiger partial charge >= 0.3 is 0 Å². The summed E-state index contributed by atoms with van der Waals surface area (Å²) in [7, 11) is 0. The SMILES string of the molecule is CC(C)[C@]1(O)CN(CCN2CCCC2=O)C[C@H]1C. The highest BCUT2D eigenvalue weighted by Gasteiger charge is 2.44. The lowest BCUT2D eigenvalue weighted by molar-refractivity contribution is -0.127. The molecule has 2 aliphatic heterocycles. The maximum atomic E-state index is 11.5. The molecular weight excluding hydrogens is 228 g/mol. The van der Waals surface area contributed by atoms with Crippen LogP contribution in [-0.2, 0) is 4.79 Å². The Labute approximate surface area is 110 Å². The molecule has 2 heterocycles. The molecule has 2 fully saturated rings. The molecule has 4 heteroatoms. The quantitative estimate of drug-likeness (QED) is 0.812. The maximum Gasteiger partial charge on any atom is 0.222 e. The number of amides is 1.